The smallest absolute Gasteiger partial charge is 0.262 e. The fourth-order valence-corrected chi connectivity index (χ4v) is 3.77. The minimum atomic E-state index is -0.736. The number of hydrogen-bond acceptors (Lipinski definition) is 7. The van der Waals surface area contributed by atoms with Crippen LogP contribution in [0.15, 0.2) is 48.9 Å². The first kappa shape index (κ1) is 22.9. The second-order valence-corrected chi connectivity index (χ2v) is 7.62. The van der Waals surface area contributed by atoms with Crippen LogP contribution in [0.25, 0.3) is 0 Å². The average Bonchev–Trinajstić information content (AvgIpc) is 2.86. The summed E-state index contributed by atoms with van der Waals surface area (Å²) in [6.45, 7) is 1.14. The summed E-state index contributed by atoms with van der Waals surface area (Å²) in [6, 6.07) is 10.4. The van der Waals surface area contributed by atoms with Crippen LogP contribution in [0.4, 0.5) is 20.2 Å². The van der Waals surface area contributed by atoms with Crippen molar-refractivity contribution in [2.45, 2.75) is 18.9 Å². The molecule has 1 aromatic heterocycles. The van der Waals surface area contributed by atoms with E-state index in [-0.39, 0.29) is 23.3 Å². The van der Waals surface area contributed by atoms with Crippen molar-refractivity contribution in [3.8, 4) is 17.7 Å². The lowest BCUT2D eigenvalue weighted by atomic mass is 10.1. The molecule has 2 aromatic carbocycles. The van der Waals surface area contributed by atoms with Gasteiger partial charge in [-0.1, -0.05) is 0 Å². The molecule has 0 unspecified atom stereocenters. The topological polar surface area (TPSA) is 100 Å². The Kier molecular flexibility index (Phi) is 6.82. The van der Waals surface area contributed by atoms with Crippen molar-refractivity contribution in [2.24, 2.45) is 0 Å². The Bertz CT molecular complexity index is 1240. The molecule has 1 fully saturated rings. The van der Waals surface area contributed by atoms with Crippen molar-refractivity contribution in [1.82, 2.24) is 9.97 Å². The van der Waals surface area contributed by atoms with Crippen LogP contribution in [-0.2, 0) is 0 Å². The zero-order chi connectivity index (χ0) is 24.1. The van der Waals surface area contributed by atoms with Crippen molar-refractivity contribution in [3.05, 3.63) is 71.7 Å². The number of methoxy groups -OCH3 is 1. The van der Waals surface area contributed by atoms with Gasteiger partial charge in [0.1, 0.15) is 23.8 Å². The molecule has 3 aromatic rings. The van der Waals surface area contributed by atoms with Gasteiger partial charge in [0.15, 0.2) is 11.6 Å². The number of benzene rings is 2. The van der Waals surface area contributed by atoms with Crippen molar-refractivity contribution in [1.29, 1.82) is 5.26 Å². The minimum Gasteiger partial charge on any atom is -0.487 e. The monoisotopic (exact) mass is 465 g/mol. The number of rotatable bonds is 6. The third-order valence-corrected chi connectivity index (χ3v) is 5.46. The Morgan fingerprint density at radius 3 is 2.71 bits per heavy atom. The molecule has 0 saturated carbocycles. The molecule has 1 saturated heterocycles. The van der Waals surface area contributed by atoms with Gasteiger partial charge < -0.3 is 19.7 Å². The zero-order valence-corrected chi connectivity index (χ0v) is 18.3. The molecule has 1 N–H and O–H groups in total. The Balaban J connectivity index is 1.49. The lowest BCUT2D eigenvalue weighted by Crippen LogP contribution is -2.38. The summed E-state index contributed by atoms with van der Waals surface area (Å²) >= 11 is 0. The number of hydrogen-bond donors (Lipinski definition) is 1. The van der Waals surface area contributed by atoms with Gasteiger partial charge in [0.25, 0.3) is 5.91 Å². The highest BCUT2D eigenvalue weighted by atomic mass is 19.1. The van der Waals surface area contributed by atoms with Gasteiger partial charge in [-0.2, -0.15) is 5.26 Å². The number of anilines is 2. The van der Waals surface area contributed by atoms with Gasteiger partial charge >= 0.3 is 0 Å². The number of ether oxygens (including phenoxy) is 2. The summed E-state index contributed by atoms with van der Waals surface area (Å²) in [6.07, 6.45) is 3.57. The van der Waals surface area contributed by atoms with E-state index in [9.17, 15) is 18.8 Å². The predicted octanol–water partition coefficient (Wildman–Crippen LogP) is 3.94. The standard InChI is InChI=1S/C24H21F2N5O3/c1-33-24-18(13-28-14-29-24)23(32)30-20-10-15(12-27)2-4-21(20)31-8-6-17(7-9-31)34-22-5-3-16(25)11-19(22)26/h2-5,10-11,13-14,17H,6-9H2,1H3,(H,30,32). The van der Waals surface area contributed by atoms with Crippen molar-refractivity contribution in [3.63, 3.8) is 0 Å². The van der Waals surface area contributed by atoms with Gasteiger partial charge in [-0.3, -0.25) is 4.79 Å². The third kappa shape index (κ3) is 5.04. The molecule has 1 aliphatic rings. The normalized spacial score (nSPS) is 13.8. The minimum absolute atomic E-state index is 0.0187. The van der Waals surface area contributed by atoms with Gasteiger partial charge in [0.05, 0.1) is 30.1 Å². The largest absolute Gasteiger partial charge is 0.487 e. The summed E-state index contributed by atoms with van der Waals surface area (Å²) in [5, 5.41) is 12.2. The van der Waals surface area contributed by atoms with E-state index in [0.717, 1.165) is 17.8 Å². The van der Waals surface area contributed by atoms with Gasteiger partial charge in [-0.05, 0) is 30.3 Å². The zero-order valence-electron chi connectivity index (χ0n) is 18.3. The highest BCUT2D eigenvalue weighted by molar-refractivity contribution is 6.07. The van der Waals surface area contributed by atoms with Gasteiger partial charge in [-0.15, -0.1) is 0 Å². The molecule has 1 aliphatic heterocycles. The highest BCUT2D eigenvalue weighted by Crippen LogP contribution is 2.32. The molecule has 0 aliphatic carbocycles. The van der Waals surface area contributed by atoms with Crippen LogP contribution in [0.3, 0.4) is 0 Å². The highest BCUT2D eigenvalue weighted by Gasteiger charge is 2.24. The predicted molar refractivity (Wildman–Crippen MR) is 120 cm³/mol. The maximum atomic E-state index is 13.9. The Morgan fingerprint density at radius 2 is 2.00 bits per heavy atom. The van der Waals surface area contributed by atoms with Crippen LogP contribution >= 0.6 is 0 Å². The molecule has 0 radical (unpaired) electrons. The summed E-state index contributed by atoms with van der Waals surface area (Å²) in [5.41, 5.74) is 1.74. The number of amides is 1. The van der Waals surface area contributed by atoms with Crippen LogP contribution in [0.2, 0.25) is 0 Å². The molecule has 0 bridgehead atoms. The molecule has 2 heterocycles. The molecule has 4 rings (SSSR count). The third-order valence-electron chi connectivity index (χ3n) is 5.46. The van der Waals surface area contributed by atoms with E-state index < -0.39 is 17.5 Å². The van der Waals surface area contributed by atoms with Crippen molar-refractivity contribution in [2.75, 3.05) is 30.4 Å². The molecular formula is C24H21F2N5O3. The van der Waals surface area contributed by atoms with E-state index in [0.29, 0.717) is 37.2 Å². The SMILES string of the molecule is COc1ncncc1C(=O)Nc1cc(C#N)ccc1N1CCC(Oc2ccc(F)cc2F)CC1. The number of carbonyl (C=O) groups is 1. The average molecular weight is 465 g/mol. The maximum Gasteiger partial charge on any atom is 0.262 e. The summed E-state index contributed by atoms with van der Waals surface area (Å²) < 4.78 is 37.9. The van der Waals surface area contributed by atoms with Crippen molar-refractivity contribution < 1.29 is 23.0 Å². The molecule has 34 heavy (non-hydrogen) atoms. The first-order valence-electron chi connectivity index (χ1n) is 10.5. The van der Waals surface area contributed by atoms with E-state index >= 15 is 0 Å². The number of nitriles is 1. The Morgan fingerprint density at radius 1 is 1.21 bits per heavy atom. The first-order chi connectivity index (χ1) is 16.5. The number of halogens is 2. The first-order valence-corrected chi connectivity index (χ1v) is 10.5. The number of nitrogens with one attached hydrogen (secondary N) is 1. The molecule has 8 nitrogen and oxygen atoms in total. The van der Waals surface area contributed by atoms with Crippen molar-refractivity contribution >= 4 is 17.3 Å². The van der Waals surface area contributed by atoms with Crippen LogP contribution < -0.4 is 19.7 Å². The van der Waals surface area contributed by atoms with Gasteiger partial charge in [-0.25, -0.2) is 18.7 Å². The van der Waals surface area contributed by atoms with Crippen LogP contribution in [-0.4, -0.2) is 42.2 Å². The molecule has 10 heteroatoms. The summed E-state index contributed by atoms with van der Waals surface area (Å²) in [5.74, 6) is -1.71. The lowest BCUT2D eigenvalue weighted by Gasteiger charge is -2.34. The molecule has 174 valence electrons. The second kappa shape index (κ2) is 10.1. The van der Waals surface area contributed by atoms with E-state index in [1.165, 1.54) is 25.7 Å². The van der Waals surface area contributed by atoms with Gasteiger partial charge in [0.2, 0.25) is 5.88 Å². The van der Waals surface area contributed by atoms with E-state index in [2.05, 4.69) is 26.3 Å². The van der Waals surface area contributed by atoms with E-state index in [1.807, 2.05) is 0 Å². The van der Waals surface area contributed by atoms with E-state index in [1.54, 1.807) is 18.2 Å². The second-order valence-electron chi connectivity index (χ2n) is 7.62. The number of carbonyl (C=O) groups excluding carboxylic acids is 1. The number of nitrogens with zero attached hydrogens (tertiary/aromatic N) is 4. The van der Waals surface area contributed by atoms with E-state index in [4.69, 9.17) is 9.47 Å². The number of aromatic nitrogens is 2. The molecule has 0 atom stereocenters. The lowest BCUT2D eigenvalue weighted by molar-refractivity contribution is 0.102. The molecular weight excluding hydrogens is 444 g/mol. The Hall–Kier alpha value is -4.26. The maximum absolute atomic E-state index is 13.9. The quantitative estimate of drug-likeness (QED) is 0.589. The Labute approximate surface area is 194 Å². The summed E-state index contributed by atoms with van der Waals surface area (Å²) in [7, 11) is 1.41. The van der Waals surface area contributed by atoms with Crippen LogP contribution in [0, 0.1) is 23.0 Å². The van der Waals surface area contributed by atoms with Crippen LogP contribution in [0.5, 0.6) is 11.6 Å². The van der Waals surface area contributed by atoms with Gasteiger partial charge in [0, 0.05) is 38.2 Å². The van der Waals surface area contributed by atoms with Crippen LogP contribution in [0.1, 0.15) is 28.8 Å². The molecule has 0 spiro atoms. The number of piperidine rings is 1. The fourth-order valence-electron chi connectivity index (χ4n) is 3.77. The molecule has 1 amide bonds. The fraction of sp³-hybridized carbons (Fsp3) is 0.250. The summed E-state index contributed by atoms with van der Waals surface area (Å²) in [4.78, 5) is 22.8.